The van der Waals surface area contributed by atoms with Gasteiger partial charge < -0.3 is 9.53 Å². The first kappa shape index (κ1) is 20.2. The fourth-order valence-corrected chi connectivity index (χ4v) is 11.6. The molecule has 1 N–H and O–H groups in total. The van der Waals surface area contributed by atoms with Crippen molar-refractivity contribution in [3.63, 3.8) is 0 Å². The normalized spacial score (nSPS) is 34.2. The Morgan fingerprint density at radius 2 is 1.58 bits per heavy atom. The number of hydrogen-bond donors (Lipinski definition) is 1. The van der Waals surface area contributed by atoms with Gasteiger partial charge in [0.2, 0.25) is 8.32 Å². The van der Waals surface area contributed by atoms with E-state index in [-0.39, 0.29) is 0 Å². The second-order valence-electron chi connectivity index (χ2n) is 9.24. The summed E-state index contributed by atoms with van der Waals surface area (Å²) in [5, 5.41) is 10.1. The van der Waals surface area contributed by atoms with Crippen LogP contribution in [0.25, 0.3) is 0 Å². The fourth-order valence-electron chi connectivity index (χ4n) is 5.94. The number of aliphatic hydroxyl groups excluding tert-OH is 1. The van der Waals surface area contributed by atoms with Gasteiger partial charge in [-0.1, -0.05) is 67.0 Å². The Kier molecular flexibility index (Phi) is 6.77. The van der Waals surface area contributed by atoms with E-state index in [0.29, 0.717) is 53.0 Å². The second-order valence-corrected chi connectivity index (χ2v) is 14.6. The molecule has 2 aliphatic carbocycles. The maximum Gasteiger partial charge on any atom is 0.200 e. The van der Waals surface area contributed by atoms with Crippen molar-refractivity contribution in [3.05, 3.63) is 12.2 Å². The van der Waals surface area contributed by atoms with Gasteiger partial charge in [-0.15, -0.1) is 0 Å². The predicted octanol–water partition coefficient (Wildman–Crippen LogP) is 5.78. The molecule has 0 unspecified atom stereocenters. The third kappa shape index (κ3) is 3.54. The molecule has 0 aromatic rings. The maximum atomic E-state index is 10.1. The lowest BCUT2D eigenvalue weighted by Gasteiger charge is -2.51. The molecule has 0 aromatic carbocycles. The zero-order chi connectivity index (χ0) is 18.1. The molecule has 0 bridgehead atoms. The molecule has 0 heterocycles. The third-order valence-electron chi connectivity index (χ3n) is 7.05. The van der Waals surface area contributed by atoms with Crippen molar-refractivity contribution in [2.24, 2.45) is 23.7 Å². The summed E-state index contributed by atoms with van der Waals surface area (Å²) in [6.45, 7) is 16.8. The first-order chi connectivity index (χ1) is 11.3. The number of aliphatic hydroxyl groups is 1. The van der Waals surface area contributed by atoms with E-state index in [4.69, 9.17) is 4.43 Å². The molecular formula is C21H40O2Si. The van der Waals surface area contributed by atoms with Crippen molar-refractivity contribution in [3.8, 4) is 0 Å². The van der Waals surface area contributed by atoms with Gasteiger partial charge in [-0.05, 0) is 53.1 Å². The molecule has 0 radical (unpaired) electrons. The molecule has 3 heteroatoms. The van der Waals surface area contributed by atoms with Crippen LogP contribution < -0.4 is 0 Å². The van der Waals surface area contributed by atoms with Gasteiger partial charge >= 0.3 is 0 Å². The molecule has 2 aliphatic rings. The van der Waals surface area contributed by atoms with E-state index in [1.165, 1.54) is 19.3 Å². The molecule has 0 spiro atoms. The van der Waals surface area contributed by atoms with Crippen molar-refractivity contribution < 1.29 is 9.53 Å². The van der Waals surface area contributed by atoms with E-state index in [1.807, 2.05) is 0 Å². The minimum atomic E-state index is -1.86. The highest BCUT2D eigenvalue weighted by molar-refractivity contribution is 6.77. The van der Waals surface area contributed by atoms with Gasteiger partial charge in [0.15, 0.2) is 0 Å². The average Bonchev–Trinajstić information content (AvgIpc) is 2.51. The molecule has 5 atom stereocenters. The number of rotatable bonds is 6. The molecular weight excluding hydrogens is 312 g/mol. The molecule has 0 saturated heterocycles. The number of allylic oxidation sites excluding steroid dienone is 2. The van der Waals surface area contributed by atoms with Crippen LogP contribution in [0.4, 0.5) is 0 Å². The molecule has 0 aliphatic heterocycles. The summed E-state index contributed by atoms with van der Waals surface area (Å²) in [5.74, 6) is 1.94. The molecule has 2 rings (SSSR count). The summed E-state index contributed by atoms with van der Waals surface area (Å²) < 4.78 is 7.21. The van der Waals surface area contributed by atoms with E-state index in [2.05, 4.69) is 60.6 Å². The van der Waals surface area contributed by atoms with Gasteiger partial charge in [-0.3, -0.25) is 0 Å². The Labute approximate surface area is 151 Å². The van der Waals surface area contributed by atoms with E-state index >= 15 is 0 Å². The summed E-state index contributed by atoms with van der Waals surface area (Å²) in [6.07, 6.45) is 8.82. The van der Waals surface area contributed by atoms with Crippen LogP contribution in [-0.4, -0.2) is 26.1 Å². The van der Waals surface area contributed by atoms with Crippen LogP contribution in [0.2, 0.25) is 16.6 Å². The summed E-state index contributed by atoms with van der Waals surface area (Å²) in [7, 11) is -1.86. The average molecular weight is 353 g/mol. The highest BCUT2D eigenvalue weighted by Gasteiger charge is 2.50. The van der Waals surface area contributed by atoms with Crippen LogP contribution in [0.15, 0.2) is 12.2 Å². The van der Waals surface area contributed by atoms with Crippen LogP contribution >= 0.6 is 0 Å². The van der Waals surface area contributed by atoms with Crippen molar-refractivity contribution in [1.82, 2.24) is 0 Å². The standard InChI is InChI=1S/C21H40O2Si/c1-14(2)24(15(3)4,16(5)6)23-20-10-8-9-18-12-11-17(7)19(13-22)21(18)20/h11-12,14-22H,8-10,13H2,1-7H3/t17-,18+,19+,20-,21-/m0/s1. The monoisotopic (exact) mass is 352 g/mol. The molecule has 140 valence electrons. The lowest BCUT2D eigenvalue weighted by Crippen LogP contribution is -2.54. The Hall–Kier alpha value is -0.123. The number of fused-ring (bicyclic) bond motifs is 1. The van der Waals surface area contributed by atoms with E-state index in [0.717, 1.165) is 0 Å². The Bertz CT molecular complexity index is 408. The third-order valence-corrected chi connectivity index (χ3v) is 13.2. The van der Waals surface area contributed by atoms with E-state index < -0.39 is 8.32 Å². The summed E-state index contributed by atoms with van der Waals surface area (Å²) >= 11 is 0. The second kappa shape index (κ2) is 8.05. The zero-order valence-corrected chi connectivity index (χ0v) is 18.0. The first-order valence-corrected chi connectivity index (χ1v) is 12.4. The fraction of sp³-hybridized carbons (Fsp3) is 0.905. The lowest BCUT2D eigenvalue weighted by molar-refractivity contribution is -0.0160. The van der Waals surface area contributed by atoms with Crippen molar-refractivity contribution in [1.29, 1.82) is 0 Å². The molecule has 1 fully saturated rings. The highest BCUT2D eigenvalue weighted by atomic mass is 28.4. The van der Waals surface area contributed by atoms with Crippen LogP contribution in [-0.2, 0) is 4.43 Å². The molecule has 2 nitrogen and oxygen atoms in total. The van der Waals surface area contributed by atoms with E-state index in [1.54, 1.807) is 0 Å². The summed E-state index contributed by atoms with van der Waals surface area (Å²) in [6, 6.07) is 0. The highest BCUT2D eigenvalue weighted by Crippen LogP contribution is 2.49. The van der Waals surface area contributed by atoms with Gasteiger partial charge in [-0.2, -0.15) is 0 Å². The Morgan fingerprint density at radius 1 is 1.00 bits per heavy atom. The smallest absolute Gasteiger partial charge is 0.200 e. The van der Waals surface area contributed by atoms with Gasteiger partial charge in [0.25, 0.3) is 0 Å². The zero-order valence-electron chi connectivity index (χ0n) is 17.0. The van der Waals surface area contributed by atoms with Crippen molar-refractivity contribution >= 4 is 8.32 Å². The van der Waals surface area contributed by atoms with Crippen molar-refractivity contribution in [2.75, 3.05) is 6.61 Å². The first-order valence-electron chi connectivity index (χ1n) is 10.2. The summed E-state index contributed by atoms with van der Waals surface area (Å²) in [4.78, 5) is 0. The Balaban J connectivity index is 2.33. The van der Waals surface area contributed by atoms with Crippen molar-refractivity contribution in [2.45, 2.75) is 90.5 Å². The maximum absolute atomic E-state index is 10.1. The van der Waals surface area contributed by atoms with Crippen LogP contribution in [0.5, 0.6) is 0 Å². The van der Waals surface area contributed by atoms with Gasteiger partial charge in [0.1, 0.15) is 0 Å². The molecule has 0 aromatic heterocycles. The van der Waals surface area contributed by atoms with E-state index in [9.17, 15) is 5.11 Å². The van der Waals surface area contributed by atoms with Crippen LogP contribution in [0, 0.1) is 23.7 Å². The summed E-state index contributed by atoms with van der Waals surface area (Å²) in [5.41, 5.74) is 1.88. The van der Waals surface area contributed by atoms with Gasteiger partial charge in [0.05, 0.1) is 0 Å². The van der Waals surface area contributed by atoms with Crippen LogP contribution in [0.3, 0.4) is 0 Å². The Morgan fingerprint density at radius 3 is 2.08 bits per heavy atom. The minimum absolute atomic E-state index is 0.298. The SMILES string of the molecule is CC(C)[Si](O[C@H]1CCC[C@@H]2C=C[C@H](C)[C@@H](CO)[C@@H]12)(C(C)C)C(C)C. The molecule has 24 heavy (non-hydrogen) atoms. The molecule has 1 saturated carbocycles. The quantitative estimate of drug-likeness (QED) is 0.485. The van der Waals surface area contributed by atoms with Gasteiger partial charge in [-0.25, -0.2) is 0 Å². The minimum Gasteiger partial charge on any atom is -0.413 e. The molecule has 0 amide bonds. The topological polar surface area (TPSA) is 29.5 Å². The number of hydrogen-bond acceptors (Lipinski definition) is 2. The van der Waals surface area contributed by atoms with Crippen LogP contribution in [0.1, 0.15) is 67.7 Å². The largest absolute Gasteiger partial charge is 0.413 e. The predicted molar refractivity (Wildman–Crippen MR) is 106 cm³/mol. The lowest BCUT2D eigenvalue weighted by atomic mass is 9.64. The van der Waals surface area contributed by atoms with Gasteiger partial charge in [0, 0.05) is 12.7 Å².